The van der Waals surface area contributed by atoms with Gasteiger partial charge in [0, 0.05) is 17.1 Å². The van der Waals surface area contributed by atoms with Gasteiger partial charge in [0.2, 0.25) is 0 Å². The number of benzene rings is 2. The van der Waals surface area contributed by atoms with Crippen LogP contribution >= 0.6 is 0 Å². The van der Waals surface area contributed by atoms with Crippen molar-refractivity contribution in [1.82, 2.24) is 10.3 Å². The van der Waals surface area contributed by atoms with Gasteiger partial charge in [-0.15, -0.1) is 0 Å². The molecule has 1 atom stereocenters. The summed E-state index contributed by atoms with van der Waals surface area (Å²) in [5, 5.41) is 31.4. The highest BCUT2D eigenvalue weighted by Crippen LogP contribution is 2.29. The van der Waals surface area contributed by atoms with E-state index in [2.05, 4.69) is 10.3 Å². The molecule has 3 rings (SSSR count). The fraction of sp³-hybridized carbons (Fsp3) is 0.304. The fourth-order valence-electron chi connectivity index (χ4n) is 3.08. The number of nitrogens with one attached hydrogen (secondary N) is 1. The Morgan fingerprint density at radius 3 is 2.50 bits per heavy atom. The van der Waals surface area contributed by atoms with Crippen LogP contribution in [-0.4, -0.2) is 44.6 Å². The second-order valence-corrected chi connectivity index (χ2v) is 7.99. The first-order chi connectivity index (χ1) is 14.1. The summed E-state index contributed by atoms with van der Waals surface area (Å²) in [7, 11) is 0. The van der Waals surface area contributed by atoms with Gasteiger partial charge in [-0.1, -0.05) is 30.3 Å². The van der Waals surface area contributed by atoms with Crippen molar-refractivity contribution in [2.24, 2.45) is 0 Å². The third-order valence-electron chi connectivity index (χ3n) is 4.40. The van der Waals surface area contributed by atoms with Crippen molar-refractivity contribution in [2.45, 2.75) is 39.0 Å². The first kappa shape index (κ1) is 21.9. The number of amides is 1. The molecule has 1 amide bonds. The first-order valence-corrected chi connectivity index (χ1v) is 9.63. The number of hydrogen-bond donors (Lipinski definition) is 4. The van der Waals surface area contributed by atoms with E-state index >= 15 is 0 Å². The summed E-state index contributed by atoms with van der Waals surface area (Å²) in [6.45, 7) is 5.38. The lowest BCUT2D eigenvalue weighted by Crippen LogP contribution is -2.31. The van der Waals surface area contributed by atoms with E-state index in [0.717, 1.165) is 11.1 Å². The molecule has 0 saturated heterocycles. The molecular weight excluding hydrogens is 384 g/mol. The third-order valence-corrected chi connectivity index (χ3v) is 4.40. The summed E-state index contributed by atoms with van der Waals surface area (Å²) < 4.78 is 5.63. The predicted octanol–water partition coefficient (Wildman–Crippen LogP) is 2.75. The number of aliphatic hydroxyl groups is 3. The fourth-order valence-corrected chi connectivity index (χ4v) is 3.08. The summed E-state index contributed by atoms with van der Waals surface area (Å²) >= 11 is 0. The van der Waals surface area contributed by atoms with Crippen LogP contribution in [0.15, 0.2) is 54.7 Å². The Bertz CT molecular complexity index is 1040. The van der Waals surface area contributed by atoms with Gasteiger partial charge in [-0.05, 0) is 50.1 Å². The van der Waals surface area contributed by atoms with Crippen LogP contribution in [0.1, 0.15) is 43.0 Å². The van der Waals surface area contributed by atoms with Crippen LogP contribution < -0.4 is 5.32 Å². The van der Waals surface area contributed by atoms with Crippen LogP contribution in [0.4, 0.5) is 0 Å². The predicted molar refractivity (Wildman–Crippen MR) is 114 cm³/mol. The molecule has 7 nitrogen and oxygen atoms in total. The van der Waals surface area contributed by atoms with Crippen LogP contribution in [-0.2, 0) is 4.74 Å². The molecule has 0 spiro atoms. The number of aromatic nitrogens is 1. The van der Waals surface area contributed by atoms with Crippen molar-refractivity contribution >= 4 is 16.8 Å². The lowest BCUT2D eigenvalue weighted by atomic mass is 9.99. The summed E-state index contributed by atoms with van der Waals surface area (Å²) in [5.41, 5.74) is 2.95. The van der Waals surface area contributed by atoms with Crippen LogP contribution in [0.2, 0.25) is 0 Å². The largest absolute Gasteiger partial charge is 0.367 e. The minimum atomic E-state index is -1.61. The van der Waals surface area contributed by atoms with E-state index in [1.165, 1.54) is 6.20 Å². The lowest BCUT2D eigenvalue weighted by molar-refractivity contribution is -0.169. The third kappa shape index (κ3) is 5.40. The summed E-state index contributed by atoms with van der Waals surface area (Å²) in [6.07, 6.45) is -1.12. The Morgan fingerprint density at radius 1 is 1.07 bits per heavy atom. The SMILES string of the molecule is CC(C)(C)OC(O)c1cccc(-c2ccc3c(C(=O)NCC(O)O)ccnc3c2)c1. The quantitative estimate of drug-likeness (QED) is 0.465. The molecule has 2 aromatic carbocycles. The molecule has 0 aliphatic heterocycles. The number of hydrogen-bond acceptors (Lipinski definition) is 6. The zero-order valence-corrected chi connectivity index (χ0v) is 17.2. The maximum Gasteiger partial charge on any atom is 0.252 e. The first-order valence-electron chi connectivity index (χ1n) is 9.63. The number of rotatable bonds is 6. The normalized spacial score (nSPS) is 12.9. The number of fused-ring (bicyclic) bond motifs is 1. The van der Waals surface area contributed by atoms with Crippen molar-refractivity contribution in [3.63, 3.8) is 0 Å². The molecule has 0 aliphatic carbocycles. The summed E-state index contributed by atoms with van der Waals surface area (Å²) in [6, 6.07) is 14.6. The van der Waals surface area contributed by atoms with Gasteiger partial charge in [0.15, 0.2) is 12.6 Å². The van der Waals surface area contributed by atoms with Crippen molar-refractivity contribution in [3.05, 3.63) is 65.9 Å². The van der Waals surface area contributed by atoms with Crippen LogP contribution in [0.5, 0.6) is 0 Å². The molecule has 4 N–H and O–H groups in total. The van der Waals surface area contributed by atoms with Crippen molar-refractivity contribution in [1.29, 1.82) is 0 Å². The molecule has 158 valence electrons. The average Bonchev–Trinajstić information content (AvgIpc) is 2.70. The smallest absolute Gasteiger partial charge is 0.252 e. The van der Waals surface area contributed by atoms with Gasteiger partial charge in [-0.25, -0.2) is 0 Å². The molecule has 1 heterocycles. The average molecular weight is 410 g/mol. The highest BCUT2D eigenvalue weighted by atomic mass is 16.6. The molecule has 0 radical (unpaired) electrons. The lowest BCUT2D eigenvalue weighted by Gasteiger charge is -2.24. The Morgan fingerprint density at radius 2 is 1.80 bits per heavy atom. The van der Waals surface area contributed by atoms with Gasteiger partial charge in [-0.2, -0.15) is 0 Å². The van der Waals surface area contributed by atoms with E-state index in [-0.39, 0.29) is 6.54 Å². The molecular formula is C23H26N2O5. The number of pyridine rings is 1. The second-order valence-electron chi connectivity index (χ2n) is 7.99. The number of carbonyl (C=O) groups excluding carboxylic acids is 1. The van der Waals surface area contributed by atoms with E-state index in [1.54, 1.807) is 18.2 Å². The number of carbonyl (C=O) groups is 1. The van der Waals surface area contributed by atoms with E-state index in [4.69, 9.17) is 14.9 Å². The minimum absolute atomic E-state index is 0.257. The summed E-state index contributed by atoms with van der Waals surface area (Å²) in [5.74, 6) is -0.410. The molecule has 30 heavy (non-hydrogen) atoms. The zero-order valence-electron chi connectivity index (χ0n) is 17.2. The van der Waals surface area contributed by atoms with Crippen molar-refractivity contribution < 1.29 is 24.9 Å². The molecule has 0 saturated carbocycles. The van der Waals surface area contributed by atoms with Gasteiger partial charge in [-0.3, -0.25) is 9.78 Å². The maximum absolute atomic E-state index is 12.3. The Kier molecular flexibility index (Phi) is 6.48. The van der Waals surface area contributed by atoms with Crippen LogP contribution in [0.3, 0.4) is 0 Å². The van der Waals surface area contributed by atoms with E-state index in [0.29, 0.717) is 22.0 Å². The molecule has 1 unspecified atom stereocenters. The summed E-state index contributed by atoms with van der Waals surface area (Å²) in [4.78, 5) is 16.7. The minimum Gasteiger partial charge on any atom is -0.367 e. The van der Waals surface area contributed by atoms with Crippen LogP contribution in [0, 0.1) is 0 Å². The van der Waals surface area contributed by atoms with Gasteiger partial charge in [0.05, 0.1) is 23.2 Å². The standard InChI is InChI=1S/C23H26N2O5/c1-23(2,3)30-22(29)16-6-4-5-14(11-16)15-7-8-17-18(9-10-24-19(17)12-15)21(28)25-13-20(26)27/h4-12,20,22,26-27,29H,13H2,1-3H3,(H,25,28). The maximum atomic E-state index is 12.3. The Balaban J connectivity index is 1.91. The Labute approximate surface area is 175 Å². The van der Waals surface area contributed by atoms with Gasteiger partial charge in [0.1, 0.15) is 0 Å². The molecule has 7 heteroatoms. The highest BCUT2D eigenvalue weighted by molar-refractivity contribution is 6.06. The molecule has 0 aliphatic rings. The number of ether oxygens (including phenoxy) is 1. The molecule has 0 fully saturated rings. The second kappa shape index (κ2) is 8.89. The van der Waals surface area contributed by atoms with E-state index in [1.807, 2.05) is 51.1 Å². The number of nitrogens with zero attached hydrogens (tertiary/aromatic N) is 1. The van der Waals surface area contributed by atoms with E-state index in [9.17, 15) is 9.90 Å². The van der Waals surface area contributed by atoms with Crippen molar-refractivity contribution in [2.75, 3.05) is 6.54 Å². The van der Waals surface area contributed by atoms with Gasteiger partial charge < -0.3 is 25.4 Å². The van der Waals surface area contributed by atoms with Crippen LogP contribution in [0.25, 0.3) is 22.0 Å². The zero-order chi connectivity index (χ0) is 21.9. The monoisotopic (exact) mass is 410 g/mol. The topological polar surface area (TPSA) is 112 Å². The Hall–Kier alpha value is -2.84. The molecule has 1 aromatic heterocycles. The van der Waals surface area contributed by atoms with Crippen molar-refractivity contribution in [3.8, 4) is 11.1 Å². The molecule has 0 bridgehead atoms. The van der Waals surface area contributed by atoms with Gasteiger partial charge in [0.25, 0.3) is 5.91 Å². The molecule has 3 aromatic rings. The highest BCUT2D eigenvalue weighted by Gasteiger charge is 2.18. The van der Waals surface area contributed by atoms with Gasteiger partial charge >= 0.3 is 0 Å². The van der Waals surface area contributed by atoms with E-state index < -0.39 is 24.1 Å². The number of aliphatic hydroxyl groups excluding tert-OH is 2.